The van der Waals surface area contributed by atoms with E-state index in [0.717, 1.165) is 24.8 Å². The Hall–Kier alpha value is -2.41. The van der Waals surface area contributed by atoms with Gasteiger partial charge >= 0.3 is 17.9 Å². The summed E-state index contributed by atoms with van der Waals surface area (Å²) in [6.07, 6.45) is 6.35. The van der Waals surface area contributed by atoms with Crippen molar-refractivity contribution in [2.75, 3.05) is 6.61 Å². The van der Waals surface area contributed by atoms with Crippen molar-refractivity contribution in [1.82, 2.24) is 0 Å². The number of hydrogen-bond acceptors (Lipinski definition) is 7. The van der Waals surface area contributed by atoms with Crippen molar-refractivity contribution >= 4 is 17.9 Å². The molecule has 0 aromatic rings. The molecule has 3 aliphatic rings. The first kappa shape index (κ1) is 23.3. The molecule has 0 aromatic carbocycles. The average Bonchev–Trinajstić information content (AvgIpc) is 3.30. The van der Waals surface area contributed by atoms with Gasteiger partial charge in [-0.15, -0.1) is 0 Å². The van der Waals surface area contributed by atoms with E-state index in [1.165, 1.54) is 19.4 Å². The van der Waals surface area contributed by atoms with Crippen LogP contribution in [0.25, 0.3) is 0 Å². The zero-order chi connectivity index (χ0) is 22.8. The van der Waals surface area contributed by atoms with E-state index in [1.807, 2.05) is 13.0 Å². The topological polar surface area (TPSA) is 91.4 Å². The summed E-state index contributed by atoms with van der Waals surface area (Å²) in [5.41, 5.74) is 1.88. The van der Waals surface area contributed by atoms with Gasteiger partial charge in [0.25, 0.3) is 0 Å². The minimum atomic E-state index is -0.681. The van der Waals surface area contributed by atoms with Crippen LogP contribution >= 0.6 is 0 Å². The molecule has 0 unspecified atom stereocenters. The summed E-state index contributed by atoms with van der Waals surface area (Å²) >= 11 is 0. The lowest BCUT2D eigenvalue weighted by molar-refractivity contribution is -0.157. The Kier molecular flexibility index (Phi) is 7.04. The SMILES string of the molecule is C=C1C(=O)O[C@@H]2[C@@H]1C[C@H]1O[C@]1(COC(C)=O)CC/C=C(\C)CC/C=C(\C)[C@H]2OC(C)=O. The molecule has 7 heteroatoms. The van der Waals surface area contributed by atoms with Gasteiger partial charge in [0.15, 0.2) is 6.10 Å². The zero-order valence-electron chi connectivity index (χ0n) is 18.8. The molecule has 0 aromatic heterocycles. The molecule has 0 saturated carbocycles. The summed E-state index contributed by atoms with van der Waals surface area (Å²) in [4.78, 5) is 35.6. The zero-order valence-corrected chi connectivity index (χ0v) is 18.8. The Morgan fingerprint density at radius 3 is 2.61 bits per heavy atom. The number of hydrogen-bond donors (Lipinski definition) is 0. The molecule has 5 atom stereocenters. The molecule has 2 aliphatic heterocycles. The highest BCUT2D eigenvalue weighted by molar-refractivity contribution is 5.91. The van der Waals surface area contributed by atoms with Crippen LogP contribution in [-0.4, -0.2) is 48.4 Å². The van der Waals surface area contributed by atoms with Crippen LogP contribution in [-0.2, 0) is 33.3 Å². The molecule has 0 radical (unpaired) electrons. The van der Waals surface area contributed by atoms with Gasteiger partial charge in [-0.3, -0.25) is 9.59 Å². The molecule has 170 valence electrons. The molecule has 0 N–H and O–H groups in total. The Bertz CT molecular complexity index is 824. The number of fused-ring (bicyclic) bond motifs is 2. The first-order chi connectivity index (χ1) is 14.6. The molecule has 2 fully saturated rings. The second kappa shape index (κ2) is 9.39. The van der Waals surface area contributed by atoms with Gasteiger partial charge in [-0.1, -0.05) is 24.3 Å². The van der Waals surface area contributed by atoms with E-state index in [2.05, 4.69) is 19.6 Å². The van der Waals surface area contributed by atoms with E-state index in [1.54, 1.807) is 0 Å². The van der Waals surface area contributed by atoms with Crippen LogP contribution in [0.2, 0.25) is 0 Å². The summed E-state index contributed by atoms with van der Waals surface area (Å²) in [5, 5.41) is 0. The predicted octanol–water partition coefficient (Wildman–Crippen LogP) is 3.57. The number of carbonyl (C=O) groups is 3. The van der Waals surface area contributed by atoms with Crippen LogP contribution in [0.4, 0.5) is 0 Å². The minimum Gasteiger partial charge on any atom is -0.463 e. The average molecular weight is 433 g/mol. The van der Waals surface area contributed by atoms with E-state index in [4.69, 9.17) is 18.9 Å². The lowest BCUT2D eigenvalue weighted by Crippen LogP contribution is -2.37. The molecular weight excluding hydrogens is 400 g/mol. The number of carbonyl (C=O) groups excluding carboxylic acids is 3. The van der Waals surface area contributed by atoms with Gasteiger partial charge in [0, 0.05) is 25.3 Å². The maximum absolute atomic E-state index is 12.4. The van der Waals surface area contributed by atoms with E-state index >= 15 is 0 Å². The van der Waals surface area contributed by atoms with Crippen molar-refractivity contribution in [3.05, 3.63) is 35.5 Å². The van der Waals surface area contributed by atoms with Crippen molar-refractivity contribution in [2.45, 2.75) is 83.7 Å². The molecule has 0 bridgehead atoms. The fraction of sp³-hybridized carbons (Fsp3) is 0.625. The molecule has 1 aliphatic carbocycles. The summed E-state index contributed by atoms with van der Waals surface area (Å²) in [7, 11) is 0. The highest BCUT2D eigenvalue weighted by Crippen LogP contribution is 2.48. The van der Waals surface area contributed by atoms with Gasteiger partial charge < -0.3 is 18.9 Å². The molecule has 3 rings (SSSR count). The van der Waals surface area contributed by atoms with Gasteiger partial charge in [-0.25, -0.2) is 4.79 Å². The van der Waals surface area contributed by atoms with Crippen molar-refractivity contribution in [1.29, 1.82) is 0 Å². The molecule has 7 nitrogen and oxygen atoms in total. The second-order valence-corrected chi connectivity index (χ2v) is 8.79. The first-order valence-electron chi connectivity index (χ1n) is 10.8. The third-order valence-corrected chi connectivity index (χ3v) is 6.35. The highest BCUT2D eigenvalue weighted by Gasteiger charge is 2.59. The lowest BCUT2D eigenvalue weighted by Gasteiger charge is -2.27. The van der Waals surface area contributed by atoms with Gasteiger partial charge in [-0.2, -0.15) is 0 Å². The van der Waals surface area contributed by atoms with Gasteiger partial charge in [0.05, 0.1) is 6.10 Å². The molecule has 0 spiro atoms. The highest BCUT2D eigenvalue weighted by atomic mass is 16.6. The fourth-order valence-corrected chi connectivity index (χ4v) is 4.47. The van der Waals surface area contributed by atoms with Crippen LogP contribution in [0.15, 0.2) is 35.5 Å². The fourth-order valence-electron chi connectivity index (χ4n) is 4.47. The molecular formula is C24H32O7. The lowest BCUT2D eigenvalue weighted by atomic mass is 9.83. The third kappa shape index (κ3) is 5.45. The standard InChI is InChI=1S/C24H32O7/c1-14-8-6-10-15(2)21(29-18(5)26)22-19(16(3)23(27)30-22)12-20-24(31-20,11-7-9-14)13-28-17(4)25/h9-10,19-22H,3,6-8,11-13H2,1-2,4-5H3/b14-9+,15-10+/t19-,20-,21-,22-,24+/m1/s1. The maximum atomic E-state index is 12.4. The van der Waals surface area contributed by atoms with E-state index < -0.39 is 29.7 Å². The van der Waals surface area contributed by atoms with Crippen LogP contribution in [0.5, 0.6) is 0 Å². The van der Waals surface area contributed by atoms with E-state index in [-0.39, 0.29) is 24.6 Å². The van der Waals surface area contributed by atoms with Crippen LogP contribution in [0, 0.1) is 5.92 Å². The number of epoxide rings is 1. The normalized spacial score (nSPS) is 37.0. The van der Waals surface area contributed by atoms with E-state index in [9.17, 15) is 14.4 Å². The van der Waals surface area contributed by atoms with Crippen molar-refractivity contribution in [2.24, 2.45) is 5.92 Å². The Labute approximate surface area is 183 Å². The Balaban J connectivity index is 1.92. The van der Waals surface area contributed by atoms with Crippen LogP contribution in [0.3, 0.4) is 0 Å². The largest absolute Gasteiger partial charge is 0.463 e. The Morgan fingerprint density at radius 2 is 1.94 bits per heavy atom. The van der Waals surface area contributed by atoms with Crippen molar-refractivity contribution in [3.8, 4) is 0 Å². The predicted molar refractivity (Wildman–Crippen MR) is 113 cm³/mol. The van der Waals surface area contributed by atoms with Gasteiger partial charge in [-0.05, 0) is 51.5 Å². The molecule has 2 heterocycles. The smallest absolute Gasteiger partial charge is 0.334 e. The molecule has 2 saturated heterocycles. The van der Waals surface area contributed by atoms with Crippen LogP contribution in [0.1, 0.15) is 59.8 Å². The second-order valence-electron chi connectivity index (χ2n) is 8.79. The molecule has 0 amide bonds. The van der Waals surface area contributed by atoms with Gasteiger partial charge in [0.2, 0.25) is 0 Å². The quantitative estimate of drug-likeness (QED) is 0.221. The number of esters is 3. The minimum absolute atomic E-state index is 0.171. The Morgan fingerprint density at radius 1 is 1.19 bits per heavy atom. The first-order valence-corrected chi connectivity index (χ1v) is 10.8. The third-order valence-electron chi connectivity index (χ3n) is 6.35. The van der Waals surface area contributed by atoms with Crippen LogP contribution < -0.4 is 0 Å². The monoisotopic (exact) mass is 432 g/mol. The maximum Gasteiger partial charge on any atom is 0.334 e. The summed E-state index contributed by atoms with van der Waals surface area (Å²) in [6, 6.07) is 0. The molecule has 31 heavy (non-hydrogen) atoms. The van der Waals surface area contributed by atoms with Crippen molar-refractivity contribution in [3.63, 3.8) is 0 Å². The number of ether oxygens (including phenoxy) is 4. The van der Waals surface area contributed by atoms with Crippen molar-refractivity contribution < 1.29 is 33.3 Å². The number of allylic oxidation sites excluding steroid dienone is 3. The summed E-state index contributed by atoms with van der Waals surface area (Å²) < 4.78 is 22.6. The van der Waals surface area contributed by atoms with E-state index in [0.29, 0.717) is 18.4 Å². The summed E-state index contributed by atoms with van der Waals surface area (Å²) in [5.74, 6) is -1.63. The number of rotatable bonds is 3. The van der Waals surface area contributed by atoms with Gasteiger partial charge in [0.1, 0.15) is 18.3 Å². The summed E-state index contributed by atoms with van der Waals surface area (Å²) in [6.45, 7) is 10.8.